The summed E-state index contributed by atoms with van der Waals surface area (Å²) in [6.07, 6.45) is 1.12. The van der Waals surface area contributed by atoms with Crippen LogP contribution < -0.4 is 16.4 Å². The monoisotopic (exact) mass is 462 g/mol. The first-order valence-corrected chi connectivity index (χ1v) is 12.0. The summed E-state index contributed by atoms with van der Waals surface area (Å²) < 4.78 is 23.9. The van der Waals surface area contributed by atoms with Crippen LogP contribution in [0.3, 0.4) is 0 Å². The van der Waals surface area contributed by atoms with E-state index in [1.165, 1.54) is 12.1 Å². The minimum atomic E-state index is -3.41. The second-order valence-corrected chi connectivity index (χ2v) is 9.80. The molecule has 4 N–H and O–H groups in total. The first kappa shape index (κ1) is 22.2. The van der Waals surface area contributed by atoms with E-state index in [1.54, 1.807) is 61.5 Å². The highest BCUT2D eigenvalue weighted by atomic mass is 32.2. The molecule has 4 rings (SSSR count). The molecule has 1 heterocycles. The molecule has 1 atom stereocenters. The molecule has 0 saturated heterocycles. The van der Waals surface area contributed by atoms with Crippen molar-refractivity contribution < 1.29 is 18.0 Å². The van der Waals surface area contributed by atoms with Crippen LogP contribution in [0.5, 0.6) is 0 Å². The Labute approximate surface area is 191 Å². The van der Waals surface area contributed by atoms with Crippen LogP contribution in [-0.4, -0.2) is 32.2 Å². The first-order chi connectivity index (χ1) is 15.6. The highest BCUT2D eigenvalue weighted by Crippen LogP contribution is 2.36. The van der Waals surface area contributed by atoms with Gasteiger partial charge in [0, 0.05) is 23.2 Å². The largest absolute Gasteiger partial charge is 0.397 e. The zero-order valence-corrected chi connectivity index (χ0v) is 18.8. The number of carbonyl (C=O) groups is 2. The maximum Gasteiger partial charge on any atom is 0.255 e. The van der Waals surface area contributed by atoms with Gasteiger partial charge in [-0.3, -0.25) is 14.6 Å². The van der Waals surface area contributed by atoms with Gasteiger partial charge in [-0.1, -0.05) is 12.1 Å². The predicted molar refractivity (Wildman–Crippen MR) is 129 cm³/mol. The Hall–Kier alpha value is -3.98. The van der Waals surface area contributed by atoms with Gasteiger partial charge in [-0.15, -0.1) is 0 Å². The van der Waals surface area contributed by atoms with E-state index in [9.17, 15) is 18.0 Å². The number of nitrogens with one attached hydrogen (secondary N) is 2. The number of nitrogen functional groups attached to an aromatic ring is 1. The molecule has 0 fully saturated rings. The number of carbonyl (C=O) groups excluding carboxylic acids is 2. The van der Waals surface area contributed by atoms with Crippen molar-refractivity contribution >= 4 is 50.1 Å². The van der Waals surface area contributed by atoms with Crippen LogP contribution in [-0.2, 0) is 14.6 Å². The molecule has 0 radical (unpaired) electrons. The molecule has 0 saturated carbocycles. The maximum atomic E-state index is 12.6. The maximum absolute atomic E-state index is 12.6. The Morgan fingerprint density at radius 2 is 1.76 bits per heavy atom. The topological polar surface area (TPSA) is 131 Å². The number of para-hydroxylation sites is 2. The van der Waals surface area contributed by atoms with E-state index in [-0.39, 0.29) is 16.7 Å². The number of aliphatic imine (C=N–C) groups is 1. The average molecular weight is 463 g/mol. The van der Waals surface area contributed by atoms with Crippen LogP contribution in [0.25, 0.3) is 0 Å². The van der Waals surface area contributed by atoms with Gasteiger partial charge in [0.15, 0.2) is 9.84 Å². The fraction of sp³-hybridized carbons (Fsp3) is 0.125. The van der Waals surface area contributed by atoms with E-state index in [4.69, 9.17) is 5.73 Å². The lowest BCUT2D eigenvalue weighted by Gasteiger charge is -2.10. The van der Waals surface area contributed by atoms with Crippen LogP contribution in [0.4, 0.5) is 22.7 Å². The van der Waals surface area contributed by atoms with Crippen LogP contribution >= 0.6 is 0 Å². The van der Waals surface area contributed by atoms with Crippen molar-refractivity contribution in [3.05, 3.63) is 77.9 Å². The highest BCUT2D eigenvalue weighted by molar-refractivity contribution is 7.90. The minimum Gasteiger partial charge on any atom is -0.397 e. The van der Waals surface area contributed by atoms with Crippen LogP contribution in [0.15, 0.2) is 76.6 Å². The Morgan fingerprint density at radius 1 is 1.06 bits per heavy atom. The van der Waals surface area contributed by atoms with Crippen LogP contribution in [0, 0.1) is 0 Å². The molecule has 1 aliphatic heterocycles. The molecule has 2 amide bonds. The third kappa shape index (κ3) is 4.63. The normalized spacial score (nSPS) is 15.6. The first-order valence-electron chi connectivity index (χ1n) is 10.1. The van der Waals surface area contributed by atoms with Gasteiger partial charge in [0.25, 0.3) is 5.91 Å². The summed E-state index contributed by atoms with van der Waals surface area (Å²) in [6.45, 7) is 1.71. The molecule has 9 heteroatoms. The molecule has 1 aliphatic rings. The van der Waals surface area contributed by atoms with Gasteiger partial charge in [0.2, 0.25) is 5.91 Å². The molecule has 0 bridgehead atoms. The van der Waals surface area contributed by atoms with Gasteiger partial charge in [-0.05, 0) is 67.1 Å². The lowest BCUT2D eigenvalue weighted by molar-refractivity contribution is -0.115. The van der Waals surface area contributed by atoms with Crippen molar-refractivity contribution in [2.24, 2.45) is 4.99 Å². The number of fused-ring (bicyclic) bond motifs is 1. The van der Waals surface area contributed by atoms with E-state index >= 15 is 0 Å². The Bertz CT molecular complexity index is 1400. The molecule has 3 aromatic rings. The van der Waals surface area contributed by atoms with Crippen molar-refractivity contribution in [1.82, 2.24) is 0 Å². The average Bonchev–Trinajstić information content (AvgIpc) is 3.10. The third-order valence-electron chi connectivity index (χ3n) is 5.34. The number of anilines is 3. The summed E-state index contributed by atoms with van der Waals surface area (Å²) in [5, 5.41) is 5.53. The number of amides is 2. The van der Waals surface area contributed by atoms with E-state index in [0.29, 0.717) is 39.6 Å². The third-order valence-corrected chi connectivity index (χ3v) is 6.45. The van der Waals surface area contributed by atoms with Crippen LogP contribution in [0.1, 0.15) is 28.8 Å². The molecule has 3 aromatic carbocycles. The molecular formula is C24H22N4O4S. The zero-order chi connectivity index (χ0) is 23.8. The quantitative estimate of drug-likeness (QED) is 0.393. The molecule has 168 valence electrons. The Balaban J connectivity index is 1.56. The van der Waals surface area contributed by atoms with Gasteiger partial charge >= 0.3 is 0 Å². The van der Waals surface area contributed by atoms with Crippen molar-refractivity contribution in [3.63, 3.8) is 0 Å². The fourth-order valence-corrected chi connectivity index (χ4v) is 4.30. The van der Waals surface area contributed by atoms with Gasteiger partial charge < -0.3 is 16.4 Å². The van der Waals surface area contributed by atoms with Crippen molar-refractivity contribution in [3.8, 4) is 0 Å². The van der Waals surface area contributed by atoms with Crippen LogP contribution in [0.2, 0.25) is 0 Å². The summed E-state index contributed by atoms with van der Waals surface area (Å²) in [4.78, 5) is 29.7. The number of rotatable bonds is 5. The zero-order valence-electron chi connectivity index (χ0n) is 18.0. The lowest BCUT2D eigenvalue weighted by Crippen LogP contribution is -2.18. The summed E-state index contributed by atoms with van der Waals surface area (Å²) in [5.41, 5.74) is 9.49. The van der Waals surface area contributed by atoms with Gasteiger partial charge in [-0.2, -0.15) is 0 Å². The van der Waals surface area contributed by atoms with Crippen molar-refractivity contribution in [2.45, 2.75) is 17.7 Å². The predicted octanol–water partition coefficient (Wildman–Crippen LogP) is 3.75. The summed E-state index contributed by atoms with van der Waals surface area (Å²) in [7, 11) is -3.41. The molecule has 0 aliphatic carbocycles. The number of nitrogens with two attached hydrogens (primary N) is 1. The lowest BCUT2D eigenvalue weighted by atomic mass is 9.96. The van der Waals surface area contributed by atoms with Gasteiger partial charge in [0.05, 0.1) is 22.0 Å². The summed E-state index contributed by atoms with van der Waals surface area (Å²) in [6, 6.07) is 18.2. The number of benzene rings is 3. The van der Waals surface area contributed by atoms with Gasteiger partial charge in [0.1, 0.15) is 5.92 Å². The minimum absolute atomic E-state index is 0.143. The number of sulfone groups is 1. The second-order valence-electron chi connectivity index (χ2n) is 7.78. The summed E-state index contributed by atoms with van der Waals surface area (Å²) in [5.74, 6) is -1.28. The van der Waals surface area contributed by atoms with E-state index < -0.39 is 15.8 Å². The molecule has 33 heavy (non-hydrogen) atoms. The highest BCUT2D eigenvalue weighted by Gasteiger charge is 2.33. The number of nitrogens with zero attached hydrogens (tertiary/aromatic N) is 1. The molecule has 8 nitrogen and oxygen atoms in total. The van der Waals surface area contributed by atoms with E-state index in [0.717, 1.165) is 6.26 Å². The molecule has 0 aromatic heterocycles. The number of hydrogen-bond acceptors (Lipinski definition) is 6. The standard InChI is InChI=1S/C24H22N4O4S/c1-14(22-18-13-17(33(2,31)32)11-12-20(18)27-24(22)30)26-16-9-7-15(8-10-16)23(29)28-21-6-4-3-5-19(21)25/h3-13,22H,25H2,1-2H3,(H,27,30)(H,28,29). The van der Waals surface area contributed by atoms with E-state index in [1.807, 2.05) is 0 Å². The fourth-order valence-electron chi connectivity index (χ4n) is 3.65. The second kappa shape index (κ2) is 8.51. The van der Waals surface area contributed by atoms with Crippen molar-refractivity contribution in [1.29, 1.82) is 0 Å². The number of hydrogen-bond donors (Lipinski definition) is 3. The van der Waals surface area contributed by atoms with Gasteiger partial charge in [-0.25, -0.2) is 8.42 Å². The van der Waals surface area contributed by atoms with Crippen molar-refractivity contribution in [2.75, 3.05) is 22.6 Å². The smallest absolute Gasteiger partial charge is 0.255 e. The SMILES string of the molecule is CC(=Nc1ccc(C(=O)Nc2ccccc2N)cc1)C1C(=O)Nc2ccc(S(C)(=O)=O)cc21. The Morgan fingerprint density at radius 3 is 2.42 bits per heavy atom. The van der Waals surface area contributed by atoms with E-state index in [2.05, 4.69) is 15.6 Å². The summed E-state index contributed by atoms with van der Waals surface area (Å²) >= 11 is 0. The Kier molecular flexibility index (Phi) is 5.73. The molecule has 0 spiro atoms. The molecule has 1 unspecified atom stereocenters. The molecular weight excluding hydrogens is 440 g/mol.